The molecule has 4 aliphatic carbocycles. The minimum atomic E-state index is 0.784. The molecule has 0 heterocycles. The lowest BCUT2D eigenvalue weighted by Crippen LogP contribution is -2.45. The molecular formula is C20H27Br. The van der Waals surface area contributed by atoms with Crippen molar-refractivity contribution in [2.24, 2.45) is 23.2 Å². The van der Waals surface area contributed by atoms with E-state index in [-0.39, 0.29) is 0 Å². The first-order chi connectivity index (χ1) is 10.2. The van der Waals surface area contributed by atoms with Gasteiger partial charge in [0.05, 0.1) is 0 Å². The first-order valence-electron chi connectivity index (χ1n) is 8.95. The van der Waals surface area contributed by atoms with E-state index >= 15 is 0 Å². The Kier molecular flexibility index (Phi) is 3.90. The molecule has 0 aromatic heterocycles. The highest BCUT2D eigenvalue weighted by molar-refractivity contribution is 9.10. The summed E-state index contributed by atoms with van der Waals surface area (Å²) < 4.78 is 1.22. The van der Waals surface area contributed by atoms with Gasteiger partial charge in [-0.3, -0.25) is 0 Å². The van der Waals surface area contributed by atoms with Crippen LogP contribution in [-0.4, -0.2) is 0 Å². The SMILES string of the molecule is Brc1cccc(CCCCC23CC4CC(CC(C4)C2)C3)c1. The molecule has 0 saturated heterocycles. The van der Waals surface area contributed by atoms with Gasteiger partial charge in [0, 0.05) is 4.47 Å². The largest absolute Gasteiger partial charge is 0.0609 e. The summed E-state index contributed by atoms with van der Waals surface area (Å²) in [5.74, 6) is 3.34. The number of hydrogen-bond acceptors (Lipinski definition) is 0. The molecule has 0 amide bonds. The summed E-state index contributed by atoms with van der Waals surface area (Å²) in [6.07, 6.45) is 15.1. The van der Waals surface area contributed by atoms with E-state index in [9.17, 15) is 0 Å². The van der Waals surface area contributed by atoms with Gasteiger partial charge in [0.2, 0.25) is 0 Å². The Balaban J connectivity index is 1.29. The second-order valence-electron chi connectivity index (χ2n) is 8.25. The molecule has 0 nitrogen and oxygen atoms in total. The second-order valence-corrected chi connectivity index (χ2v) is 9.17. The molecule has 114 valence electrons. The van der Waals surface area contributed by atoms with Crippen molar-refractivity contribution >= 4 is 15.9 Å². The number of unbranched alkanes of at least 4 members (excludes halogenated alkanes) is 1. The van der Waals surface area contributed by atoms with E-state index in [0.29, 0.717) is 0 Å². The Labute approximate surface area is 137 Å². The van der Waals surface area contributed by atoms with Gasteiger partial charge in [-0.05, 0) is 98.7 Å². The van der Waals surface area contributed by atoms with E-state index in [2.05, 4.69) is 40.2 Å². The van der Waals surface area contributed by atoms with E-state index in [1.165, 1.54) is 35.7 Å². The molecule has 0 spiro atoms. The van der Waals surface area contributed by atoms with Gasteiger partial charge in [0.25, 0.3) is 0 Å². The van der Waals surface area contributed by atoms with Crippen LogP contribution in [0, 0.1) is 23.2 Å². The Morgan fingerprint density at radius 3 is 2.24 bits per heavy atom. The number of halogens is 1. The van der Waals surface area contributed by atoms with Gasteiger partial charge in [0.1, 0.15) is 0 Å². The molecule has 4 aliphatic rings. The molecule has 4 saturated carbocycles. The normalized spacial score (nSPS) is 37.1. The minimum absolute atomic E-state index is 0.784. The zero-order chi connectivity index (χ0) is 14.3. The van der Waals surface area contributed by atoms with Crippen LogP contribution in [0.5, 0.6) is 0 Å². The number of aryl methyl sites for hydroxylation is 1. The summed E-state index contributed by atoms with van der Waals surface area (Å²) in [6, 6.07) is 8.84. The first-order valence-corrected chi connectivity index (χ1v) is 9.75. The quantitative estimate of drug-likeness (QED) is 0.542. The minimum Gasteiger partial charge on any atom is -0.0609 e. The van der Waals surface area contributed by atoms with Crippen LogP contribution in [0.15, 0.2) is 28.7 Å². The van der Waals surface area contributed by atoms with Crippen LogP contribution in [0.4, 0.5) is 0 Å². The highest BCUT2D eigenvalue weighted by atomic mass is 79.9. The second kappa shape index (κ2) is 5.72. The van der Waals surface area contributed by atoms with Crippen molar-refractivity contribution in [3.8, 4) is 0 Å². The molecule has 1 aromatic rings. The molecule has 0 radical (unpaired) electrons. The summed E-state index contributed by atoms with van der Waals surface area (Å²) in [7, 11) is 0. The third kappa shape index (κ3) is 3.09. The molecule has 0 N–H and O–H groups in total. The standard InChI is InChI=1S/C20H27Br/c21-19-6-3-5-15(11-19)4-1-2-7-20-12-16-8-17(13-20)10-18(9-16)14-20/h3,5-6,11,16-18H,1-2,4,7-10,12-14H2. The number of benzene rings is 1. The van der Waals surface area contributed by atoms with Gasteiger partial charge in [-0.25, -0.2) is 0 Å². The van der Waals surface area contributed by atoms with Crippen molar-refractivity contribution in [1.29, 1.82) is 0 Å². The van der Waals surface area contributed by atoms with Crippen molar-refractivity contribution in [2.75, 3.05) is 0 Å². The van der Waals surface area contributed by atoms with Crippen LogP contribution in [0.3, 0.4) is 0 Å². The van der Waals surface area contributed by atoms with Crippen LogP contribution in [-0.2, 0) is 6.42 Å². The molecule has 5 rings (SSSR count). The number of hydrogen-bond donors (Lipinski definition) is 0. The van der Waals surface area contributed by atoms with Crippen molar-refractivity contribution in [1.82, 2.24) is 0 Å². The van der Waals surface area contributed by atoms with Crippen molar-refractivity contribution < 1.29 is 0 Å². The van der Waals surface area contributed by atoms with E-state index in [0.717, 1.165) is 23.2 Å². The topological polar surface area (TPSA) is 0 Å². The highest BCUT2D eigenvalue weighted by Crippen LogP contribution is 2.61. The summed E-state index contributed by atoms with van der Waals surface area (Å²) in [5, 5.41) is 0. The summed E-state index contributed by atoms with van der Waals surface area (Å²) in [4.78, 5) is 0. The smallest absolute Gasteiger partial charge is 0.0177 e. The van der Waals surface area contributed by atoms with Crippen LogP contribution >= 0.6 is 15.9 Å². The lowest BCUT2D eigenvalue weighted by atomic mass is 9.48. The zero-order valence-corrected chi connectivity index (χ0v) is 14.6. The average Bonchev–Trinajstić information content (AvgIpc) is 2.42. The number of rotatable bonds is 5. The molecule has 4 bridgehead atoms. The zero-order valence-electron chi connectivity index (χ0n) is 13.0. The third-order valence-corrected chi connectivity index (χ3v) is 6.97. The van der Waals surface area contributed by atoms with Gasteiger partial charge < -0.3 is 0 Å². The maximum Gasteiger partial charge on any atom is 0.0177 e. The maximum absolute atomic E-state index is 3.58. The van der Waals surface area contributed by atoms with E-state index in [4.69, 9.17) is 0 Å². The average molecular weight is 347 g/mol. The fourth-order valence-corrected chi connectivity index (χ4v) is 6.56. The van der Waals surface area contributed by atoms with E-state index in [1.54, 1.807) is 38.5 Å². The predicted octanol–water partition coefficient (Wildman–Crippen LogP) is 6.38. The molecule has 0 atom stereocenters. The lowest BCUT2D eigenvalue weighted by molar-refractivity contribution is -0.0582. The Morgan fingerprint density at radius 2 is 1.62 bits per heavy atom. The lowest BCUT2D eigenvalue weighted by Gasteiger charge is -2.57. The monoisotopic (exact) mass is 346 g/mol. The Hall–Kier alpha value is -0.300. The van der Waals surface area contributed by atoms with Crippen molar-refractivity contribution in [3.05, 3.63) is 34.3 Å². The van der Waals surface area contributed by atoms with Gasteiger partial charge in [-0.15, -0.1) is 0 Å². The molecule has 4 fully saturated rings. The third-order valence-electron chi connectivity index (χ3n) is 6.48. The highest BCUT2D eigenvalue weighted by Gasteiger charge is 2.50. The van der Waals surface area contributed by atoms with Gasteiger partial charge in [-0.1, -0.05) is 34.5 Å². The molecule has 1 aromatic carbocycles. The molecular weight excluding hydrogens is 320 g/mol. The van der Waals surface area contributed by atoms with E-state index in [1.807, 2.05) is 0 Å². The van der Waals surface area contributed by atoms with Crippen LogP contribution < -0.4 is 0 Å². The van der Waals surface area contributed by atoms with E-state index < -0.39 is 0 Å². The van der Waals surface area contributed by atoms with Crippen molar-refractivity contribution in [3.63, 3.8) is 0 Å². The molecule has 21 heavy (non-hydrogen) atoms. The fraction of sp³-hybridized carbons (Fsp3) is 0.700. The van der Waals surface area contributed by atoms with Crippen molar-refractivity contribution in [2.45, 2.75) is 64.2 Å². The summed E-state index contributed by atoms with van der Waals surface area (Å²) >= 11 is 3.58. The molecule has 0 aliphatic heterocycles. The predicted molar refractivity (Wildman–Crippen MR) is 92.3 cm³/mol. The molecule has 0 unspecified atom stereocenters. The maximum atomic E-state index is 3.58. The summed E-state index contributed by atoms with van der Waals surface area (Å²) in [6.45, 7) is 0. The van der Waals surface area contributed by atoms with Gasteiger partial charge in [0.15, 0.2) is 0 Å². The van der Waals surface area contributed by atoms with Gasteiger partial charge >= 0.3 is 0 Å². The van der Waals surface area contributed by atoms with Crippen LogP contribution in [0.1, 0.15) is 63.4 Å². The van der Waals surface area contributed by atoms with Gasteiger partial charge in [-0.2, -0.15) is 0 Å². The Bertz CT molecular complexity index is 469. The van der Waals surface area contributed by atoms with Crippen LogP contribution in [0.25, 0.3) is 0 Å². The molecule has 1 heteroatoms. The fourth-order valence-electron chi connectivity index (χ4n) is 6.12. The first kappa shape index (κ1) is 14.3. The van der Waals surface area contributed by atoms with Crippen LogP contribution in [0.2, 0.25) is 0 Å². The summed E-state index contributed by atoms with van der Waals surface area (Å²) in [5.41, 5.74) is 2.28. The Morgan fingerprint density at radius 1 is 0.952 bits per heavy atom.